The lowest BCUT2D eigenvalue weighted by molar-refractivity contribution is 0.171. The van der Waals surface area contributed by atoms with E-state index in [2.05, 4.69) is 9.88 Å². The van der Waals surface area contributed by atoms with Crippen LogP contribution in [0.4, 0.5) is 5.88 Å². The van der Waals surface area contributed by atoms with Gasteiger partial charge >= 0.3 is 0 Å². The molecule has 2 aliphatic heterocycles. The highest BCUT2D eigenvalue weighted by molar-refractivity contribution is 7.91. The maximum atomic E-state index is 13.6. The first-order valence-electron chi connectivity index (χ1n) is 9.65. The number of aromatic nitrogens is 1. The Morgan fingerprint density at radius 3 is 2.53 bits per heavy atom. The second kappa shape index (κ2) is 7.60. The van der Waals surface area contributed by atoms with Crippen molar-refractivity contribution in [1.29, 1.82) is 0 Å². The van der Waals surface area contributed by atoms with Gasteiger partial charge in [0.05, 0.1) is 9.77 Å². The number of anilines is 1. The third-order valence-corrected chi connectivity index (χ3v) is 7.69. The number of sulfone groups is 1. The SMILES string of the molecule is CN1CCN(c2oc(-c3cccs3)nc2S(=O)(=O)c2ccc3c(c2)OCCO3)CC1. The van der Waals surface area contributed by atoms with Crippen molar-refractivity contribution in [2.45, 2.75) is 9.92 Å². The zero-order valence-corrected chi connectivity index (χ0v) is 18.0. The fourth-order valence-corrected chi connectivity index (χ4v) is 5.48. The topological polar surface area (TPSA) is 85.1 Å². The Morgan fingerprint density at radius 1 is 1.03 bits per heavy atom. The summed E-state index contributed by atoms with van der Waals surface area (Å²) in [5, 5.41) is 1.84. The molecule has 0 amide bonds. The second-order valence-corrected chi connectivity index (χ2v) is 10.0. The van der Waals surface area contributed by atoms with E-state index >= 15 is 0 Å². The molecule has 0 bridgehead atoms. The van der Waals surface area contributed by atoms with Gasteiger partial charge in [-0.3, -0.25) is 0 Å². The van der Waals surface area contributed by atoms with E-state index in [9.17, 15) is 8.42 Å². The molecular weight excluding hydrogens is 426 g/mol. The molecule has 158 valence electrons. The van der Waals surface area contributed by atoms with Crippen molar-refractivity contribution in [3.8, 4) is 22.3 Å². The number of fused-ring (bicyclic) bond motifs is 1. The van der Waals surface area contributed by atoms with E-state index in [0.717, 1.165) is 18.0 Å². The van der Waals surface area contributed by atoms with Gasteiger partial charge in [-0.05, 0) is 30.6 Å². The Balaban J connectivity index is 1.59. The summed E-state index contributed by atoms with van der Waals surface area (Å²) in [5.41, 5.74) is 0. The molecule has 4 heterocycles. The number of hydrogen-bond donors (Lipinski definition) is 0. The average molecular weight is 448 g/mol. The van der Waals surface area contributed by atoms with Crippen LogP contribution < -0.4 is 14.4 Å². The van der Waals surface area contributed by atoms with E-state index in [-0.39, 0.29) is 9.92 Å². The number of benzene rings is 1. The van der Waals surface area contributed by atoms with Gasteiger partial charge < -0.3 is 23.7 Å². The summed E-state index contributed by atoms with van der Waals surface area (Å²) in [6, 6.07) is 8.39. The molecule has 5 rings (SSSR count). The standard InChI is InChI=1S/C20H21N3O5S2/c1-22-6-8-23(9-7-22)20-19(21-18(28-20)17-3-2-12-29-17)30(24,25)14-4-5-15-16(13-14)27-11-10-26-15/h2-5,12-13H,6-11H2,1H3. The van der Waals surface area contributed by atoms with Crippen LogP contribution in [0, 0.1) is 0 Å². The van der Waals surface area contributed by atoms with Crippen molar-refractivity contribution in [1.82, 2.24) is 9.88 Å². The molecule has 2 aliphatic rings. The van der Waals surface area contributed by atoms with Gasteiger partial charge in [0.25, 0.3) is 0 Å². The molecule has 0 atom stereocenters. The minimum Gasteiger partial charge on any atom is -0.486 e. The Morgan fingerprint density at radius 2 is 1.80 bits per heavy atom. The van der Waals surface area contributed by atoms with Gasteiger partial charge in [-0.1, -0.05) is 6.07 Å². The Kier molecular flexibility index (Phi) is 4.92. The van der Waals surface area contributed by atoms with E-state index in [1.807, 2.05) is 29.5 Å². The average Bonchev–Trinajstić information content (AvgIpc) is 3.44. The fraction of sp³-hybridized carbons (Fsp3) is 0.350. The Bertz CT molecular complexity index is 1150. The molecule has 1 aromatic carbocycles. The van der Waals surface area contributed by atoms with Gasteiger partial charge in [0.1, 0.15) is 13.2 Å². The van der Waals surface area contributed by atoms with Crippen molar-refractivity contribution in [2.24, 2.45) is 0 Å². The first-order valence-corrected chi connectivity index (χ1v) is 12.0. The van der Waals surface area contributed by atoms with E-state index in [1.54, 1.807) is 6.07 Å². The van der Waals surface area contributed by atoms with Crippen LogP contribution in [0.3, 0.4) is 0 Å². The predicted octanol–water partition coefficient (Wildman–Crippen LogP) is 2.76. The van der Waals surface area contributed by atoms with Crippen LogP contribution in [-0.2, 0) is 9.84 Å². The lowest BCUT2D eigenvalue weighted by atomic mass is 10.3. The van der Waals surface area contributed by atoms with E-state index in [0.29, 0.717) is 49.6 Å². The van der Waals surface area contributed by atoms with Gasteiger partial charge in [-0.25, -0.2) is 8.42 Å². The number of rotatable bonds is 4. The molecular formula is C20H21N3O5S2. The number of likely N-dealkylation sites (N-methyl/N-ethyl adjacent to an activating group) is 1. The Labute approximate surface area is 178 Å². The van der Waals surface area contributed by atoms with Crippen molar-refractivity contribution in [2.75, 3.05) is 51.3 Å². The zero-order chi connectivity index (χ0) is 20.7. The van der Waals surface area contributed by atoms with Gasteiger partial charge in [-0.2, -0.15) is 4.98 Å². The molecule has 0 N–H and O–H groups in total. The highest BCUT2D eigenvalue weighted by Gasteiger charge is 2.33. The zero-order valence-electron chi connectivity index (χ0n) is 16.4. The Hall–Kier alpha value is -2.56. The van der Waals surface area contributed by atoms with Crippen LogP contribution in [0.1, 0.15) is 0 Å². The summed E-state index contributed by atoms with van der Waals surface area (Å²) in [4.78, 5) is 9.48. The van der Waals surface area contributed by atoms with Gasteiger partial charge in [0, 0.05) is 32.2 Å². The fourth-order valence-electron chi connectivity index (χ4n) is 3.49. The largest absolute Gasteiger partial charge is 0.486 e. The summed E-state index contributed by atoms with van der Waals surface area (Å²) in [5.74, 6) is 1.57. The predicted molar refractivity (Wildman–Crippen MR) is 112 cm³/mol. The molecule has 0 saturated carbocycles. The minimum atomic E-state index is -3.93. The summed E-state index contributed by atoms with van der Waals surface area (Å²) in [7, 11) is -1.88. The van der Waals surface area contributed by atoms with Crippen LogP contribution in [0.25, 0.3) is 10.8 Å². The van der Waals surface area contributed by atoms with Gasteiger partial charge in [0.15, 0.2) is 11.5 Å². The number of nitrogens with zero attached hydrogens (tertiary/aromatic N) is 3. The molecule has 1 saturated heterocycles. The van der Waals surface area contributed by atoms with Crippen LogP contribution >= 0.6 is 11.3 Å². The van der Waals surface area contributed by atoms with Crippen LogP contribution in [0.5, 0.6) is 11.5 Å². The maximum Gasteiger partial charge on any atom is 0.240 e. The second-order valence-electron chi connectivity index (χ2n) is 7.21. The van der Waals surface area contributed by atoms with Gasteiger partial charge in [-0.15, -0.1) is 11.3 Å². The van der Waals surface area contributed by atoms with Crippen LogP contribution in [-0.4, -0.2) is 64.7 Å². The van der Waals surface area contributed by atoms with Crippen molar-refractivity contribution in [3.63, 3.8) is 0 Å². The normalized spacial score (nSPS) is 17.3. The van der Waals surface area contributed by atoms with Crippen LogP contribution in [0.2, 0.25) is 0 Å². The van der Waals surface area contributed by atoms with Crippen molar-refractivity contribution >= 4 is 27.1 Å². The first kappa shape index (κ1) is 19.4. The smallest absolute Gasteiger partial charge is 0.240 e. The number of hydrogen-bond acceptors (Lipinski definition) is 9. The van der Waals surface area contributed by atoms with E-state index in [1.165, 1.54) is 23.5 Å². The van der Waals surface area contributed by atoms with Gasteiger partial charge in [0.2, 0.25) is 26.6 Å². The molecule has 0 unspecified atom stereocenters. The lowest BCUT2D eigenvalue weighted by Gasteiger charge is -2.32. The summed E-state index contributed by atoms with van der Waals surface area (Å²) >= 11 is 1.46. The van der Waals surface area contributed by atoms with Crippen LogP contribution in [0.15, 0.2) is 50.1 Å². The van der Waals surface area contributed by atoms with E-state index in [4.69, 9.17) is 13.9 Å². The molecule has 8 nitrogen and oxygen atoms in total. The monoisotopic (exact) mass is 447 g/mol. The molecule has 3 aromatic rings. The highest BCUT2D eigenvalue weighted by Crippen LogP contribution is 2.39. The lowest BCUT2D eigenvalue weighted by Crippen LogP contribution is -2.44. The van der Waals surface area contributed by atoms with Crippen molar-refractivity contribution in [3.05, 3.63) is 35.7 Å². The van der Waals surface area contributed by atoms with Crippen molar-refractivity contribution < 1.29 is 22.3 Å². The molecule has 2 aromatic heterocycles. The molecule has 0 spiro atoms. The highest BCUT2D eigenvalue weighted by atomic mass is 32.2. The quantitative estimate of drug-likeness (QED) is 0.604. The molecule has 30 heavy (non-hydrogen) atoms. The third-order valence-electron chi connectivity index (χ3n) is 5.18. The number of piperazine rings is 1. The number of thiophene rings is 1. The molecule has 0 aliphatic carbocycles. The summed E-state index contributed by atoms with van der Waals surface area (Å²) in [6.45, 7) is 3.80. The minimum absolute atomic E-state index is 0.0628. The third kappa shape index (κ3) is 3.44. The molecule has 10 heteroatoms. The van der Waals surface area contributed by atoms with E-state index < -0.39 is 9.84 Å². The maximum absolute atomic E-state index is 13.6. The summed E-state index contributed by atoms with van der Waals surface area (Å²) in [6.07, 6.45) is 0. The number of ether oxygens (including phenoxy) is 2. The number of oxazole rings is 1. The first-order chi connectivity index (χ1) is 14.5. The molecule has 1 fully saturated rings. The molecule has 0 radical (unpaired) electrons. The summed E-state index contributed by atoms with van der Waals surface area (Å²) < 4.78 is 44.3.